The summed E-state index contributed by atoms with van der Waals surface area (Å²) < 4.78 is 0. The third-order valence-corrected chi connectivity index (χ3v) is 3.93. The first-order valence-electron chi connectivity index (χ1n) is 6.83. The molecule has 0 aromatic carbocycles. The fourth-order valence-corrected chi connectivity index (χ4v) is 2.15. The summed E-state index contributed by atoms with van der Waals surface area (Å²) in [7, 11) is 0. The Bertz CT molecular complexity index is 224. The van der Waals surface area contributed by atoms with Gasteiger partial charge in [0.05, 0.1) is 5.25 Å². The fraction of sp³-hybridized carbons (Fsp3) is 0.929. The third-order valence-electron chi connectivity index (χ3n) is 3.11. The van der Waals surface area contributed by atoms with Crippen LogP contribution in [-0.4, -0.2) is 28.6 Å². The number of carbonyl (C=O) groups excluding carboxylic acids is 1. The molecule has 0 aliphatic carbocycles. The van der Waals surface area contributed by atoms with E-state index in [9.17, 15) is 4.79 Å². The number of carbonyl (C=O) groups is 1. The minimum atomic E-state index is -0.172. The Morgan fingerprint density at radius 3 is 1.88 bits per heavy atom. The molecule has 1 unspecified atom stereocenters. The highest BCUT2D eigenvalue weighted by Gasteiger charge is 2.28. The van der Waals surface area contributed by atoms with Crippen LogP contribution in [0.4, 0.5) is 0 Å². The molecule has 17 heavy (non-hydrogen) atoms. The van der Waals surface area contributed by atoms with E-state index >= 15 is 0 Å². The van der Waals surface area contributed by atoms with Crippen LogP contribution in [0.1, 0.15) is 54.4 Å². The van der Waals surface area contributed by atoms with Crippen LogP contribution in [0, 0.1) is 11.8 Å². The molecule has 0 spiro atoms. The lowest BCUT2D eigenvalue weighted by Gasteiger charge is -2.34. The van der Waals surface area contributed by atoms with Crippen molar-refractivity contribution in [2.24, 2.45) is 11.8 Å². The summed E-state index contributed by atoms with van der Waals surface area (Å²) in [5, 5.41) is -0.172. The number of nitrogens with zero attached hydrogens (tertiary/aromatic N) is 1. The van der Waals surface area contributed by atoms with Crippen LogP contribution in [0.15, 0.2) is 0 Å². The average molecular weight is 259 g/mol. The zero-order chi connectivity index (χ0) is 13.6. The Kier molecular flexibility index (Phi) is 7.93. The van der Waals surface area contributed by atoms with Gasteiger partial charge in [-0.15, -0.1) is 0 Å². The van der Waals surface area contributed by atoms with Crippen LogP contribution in [0.5, 0.6) is 0 Å². The monoisotopic (exact) mass is 259 g/mol. The van der Waals surface area contributed by atoms with Gasteiger partial charge in [0.2, 0.25) is 5.91 Å². The van der Waals surface area contributed by atoms with Crippen LogP contribution in [0.25, 0.3) is 0 Å². The summed E-state index contributed by atoms with van der Waals surface area (Å²) in [6.07, 6.45) is 2.04. The van der Waals surface area contributed by atoms with Gasteiger partial charge in [-0.3, -0.25) is 4.79 Å². The van der Waals surface area contributed by atoms with E-state index in [-0.39, 0.29) is 17.1 Å². The predicted octanol–water partition coefficient (Wildman–Crippen LogP) is 3.61. The van der Waals surface area contributed by atoms with Gasteiger partial charge in [-0.05, 0) is 24.7 Å². The van der Waals surface area contributed by atoms with Gasteiger partial charge in [0.25, 0.3) is 0 Å². The second kappa shape index (κ2) is 8.02. The first kappa shape index (κ1) is 16.8. The molecule has 0 heterocycles. The molecule has 0 saturated carbocycles. The molecule has 1 amide bonds. The second-order valence-electron chi connectivity index (χ2n) is 5.54. The van der Waals surface area contributed by atoms with Crippen LogP contribution < -0.4 is 0 Å². The van der Waals surface area contributed by atoms with Gasteiger partial charge in [0.1, 0.15) is 0 Å². The van der Waals surface area contributed by atoms with Crippen molar-refractivity contribution in [2.75, 3.05) is 6.54 Å². The summed E-state index contributed by atoms with van der Waals surface area (Å²) >= 11 is 4.46. The molecule has 0 aliphatic heterocycles. The topological polar surface area (TPSA) is 20.3 Å². The standard InChI is InChI=1S/C14H29NOS/c1-7-12(8-2)15(9-10(3)4)14(16)13(17)11(5)6/h10-13,17H,7-9H2,1-6H3. The maximum atomic E-state index is 12.4. The molecule has 0 radical (unpaired) electrons. The molecule has 2 nitrogen and oxygen atoms in total. The van der Waals surface area contributed by atoms with Gasteiger partial charge in [-0.1, -0.05) is 41.5 Å². The molecule has 0 saturated heterocycles. The zero-order valence-corrected chi connectivity index (χ0v) is 13.1. The number of thiol groups is 1. The third kappa shape index (κ3) is 5.33. The van der Waals surface area contributed by atoms with Gasteiger partial charge in [0, 0.05) is 12.6 Å². The van der Waals surface area contributed by atoms with E-state index in [4.69, 9.17) is 0 Å². The summed E-state index contributed by atoms with van der Waals surface area (Å²) in [6.45, 7) is 13.6. The molecule has 0 aromatic rings. The van der Waals surface area contributed by atoms with Crippen molar-refractivity contribution in [2.45, 2.75) is 65.7 Å². The largest absolute Gasteiger partial charge is 0.339 e. The maximum Gasteiger partial charge on any atom is 0.235 e. The minimum Gasteiger partial charge on any atom is -0.339 e. The van der Waals surface area contributed by atoms with Crippen molar-refractivity contribution in [3.05, 3.63) is 0 Å². The van der Waals surface area contributed by atoms with Crippen LogP contribution >= 0.6 is 12.6 Å². The number of rotatable bonds is 7. The molecular weight excluding hydrogens is 230 g/mol. The van der Waals surface area contributed by atoms with E-state index in [1.54, 1.807) is 0 Å². The second-order valence-corrected chi connectivity index (χ2v) is 6.10. The molecule has 0 aromatic heterocycles. The molecule has 0 N–H and O–H groups in total. The van der Waals surface area contributed by atoms with Crippen molar-refractivity contribution >= 4 is 18.5 Å². The van der Waals surface area contributed by atoms with Crippen molar-refractivity contribution in [1.82, 2.24) is 4.90 Å². The lowest BCUT2D eigenvalue weighted by molar-refractivity contribution is -0.134. The van der Waals surface area contributed by atoms with Gasteiger partial charge < -0.3 is 4.90 Å². The van der Waals surface area contributed by atoms with Crippen LogP contribution in [0.2, 0.25) is 0 Å². The fourth-order valence-electron chi connectivity index (χ4n) is 2.00. The van der Waals surface area contributed by atoms with Crippen molar-refractivity contribution in [1.29, 1.82) is 0 Å². The molecule has 0 aliphatic rings. The summed E-state index contributed by atoms with van der Waals surface area (Å²) in [5.41, 5.74) is 0. The molecule has 0 bridgehead atoms. The first-order valence-corrected chi connectivity index (χ1v) is 7.35. The molecule has 0 fully saturated rings. The zero-order valence-electron chi connectivity index (χ0n) is 12.2. The van der Waals surface area contributed by atoms with E-state index in [0.29, 0.717) is 12.0 Å². The smallest absolute Gasteiger partial charge is 0.235 e. The average Bonchev–Trinajstić information content (AvgIpc) is 2.26. The highest BCUT2D eigenvalue weighted by Crippen LogP contribution is 2.18. The molecule has 102 valence electrons. The van der Waals surface area contributed by atoms with Crippen LogP contribution in [0.3, 0.4) is 0 Å². The Labute approximate surface area is 113 Å². The molecule has 0 rings (SSSR count). The predicted molar refractivity (Wildman–Crippen MR) is 78.5 cm³/mol. The minimum absolute atomic E-state index is 0.172. The van der Waals surface area contributed by atoms with E-state index in [0.717, 1.165) is 19.4 Å². The maximum absolute atomic E-state index is 12.4. The first-order chi connectivity index (χ1) is 7.84. The Morgan fingerprint density at radius 2 is 1.59 bits per heavy atom. The highest BCUT2D eigenvalue weighted by atomic mass is 32.1. The quantitative estimate of drug-likeness (QED) is 0.693. The highest BCUT2D eigenvalue weighted by molar-refractivity contribution is 7.81. The number of hydrogen-bond acceptors (Lipinski definition) is 2. The van der Waals surface area contributed by atoms with Gasteiger partial charge >= 0.3 is 0 Å². The van der Waals surface area contributed by atoms with Crippen LogP contribution in [-0.2, 0) is 4.79 Å². The lowest BCUT2D eigenvalue weighted by Crippen LogP contribution is -2.46. The number of hydrogen-bond donors (Lipinski definition) is 1. The molecule has 3 heteroatoms. The van der Waals surface area contributed by atoms with Gasteiger partial charge in [-0.25, -0.2) is 0 Å². The van der Waals surface area contributed by atoms with E-state index in [1.807, 2.05) is 4.90 Å². The molecular formula is C14H29NOS. The SMILES string of the molecule is CCC(CC)N(CC(C)C)C(=O)C(S)C(C)C. The van der Waals surface area contributed by atoms with E-state index < -0.39 is 0 Å². The summed E-state index contributed by atoms with van der Waals surface area (Å²) in [4.78, 5) is 14.5. The van der Waals surface area contributed by atoms with Gasteiger partial charge in [0.15, 0.2) is 0 Å². The van der Waals surface area contributed by atoms with Crippen molar-refractivity contribution in [3.63, 3.8) is 0 Å². The molecule has 1 atom stereocenters. The number of amides is 1. The van der Waals surface area contributed by atoms with Crippen molar-refractivity contribution in [3.8, 4) is 0 Å². The normalized spacial score (nSPS) is 13.5. The lowest BCUT2D eigenvalue weighted by atomic mass is 10.0. The van der Waals surface area contributed by atoms with Gasteiger partial charge in [-0.2, -0.15) is 12.6 Å². The summed E-state index contributed by atoms with van der Waals surface area (Å²) in [6, 6.07) is 0.360. The Balaban J connectivity index is 4.83. The van der Waals surface area contributed by atoms with E-state index in [1.165, 1.54) is 0 Å². The van der Waals surface area contributed by atoms with E-state index in [2.05, 4.69) is 54.2 Å². The Hall–Kier alpha value is -0.180. The Morgan fingerprint density at radius 1 is 1.12 bits per heavy atom. The van der Waals surface area contributed by atoms with Crippen molar-refractivity contribution < 1.29 is 4.79 Å². The summed E-state index contributed by atoms with van der Waals surface area (Å²) in [5.74, 6) is 0.993.